The molecule has 0 radical (unpaired) electrons. The van der Waals surface area contributed by atoms with Crippen LogP contribution in [-0.4, -0.2) is 59.0 Å². The van der Waals surface area contributed by atoms with Crippen LogP contribution in [-0.2, 0) is 10.0 Å². The Labute approximate surface area is 162 Å². The number of benzene rings is 1. The maximum absolute atomic E-state index is 13.0. The van der Waals surface area contributed by atoms with E-state index in [0.717, 1.165) is 16.8 Å². The second-order valence-electron chi connectivity index (χ2n) is 6.75. The monoisotopic (exact) mass is 446 g/mol. The van der Waals surface area contributed by atoms with E-state index in [-0.39, 0.29) is 10.8 Å². The number of piperidine rings is 1. The van der Waals surface area contributed by atoms with Crippen LogP contribution in [0, 0.1) is 0 Å². The molecule has 1 spiro atoms. The number of thioether (sulfide) groups is 1. The Kier molecular flexibility index (Phi) is 5.54. The zero-order valence-electron chi connectivity index (χ0n) is 14.4. The largest absolute Gasteiger partial charge is 0.323 e. The molecule has 2 aliphatic heterocycles. The van der Waals surface area contributed by atoms with Gasteiger partial charge in [-0.3, -0.25) is 4.79 Å². The van der Waals surface area contributed by atoms with Crippen LogP contribution in [0.5, 0.6) is 0 Å². The molecule has 1 amide bonds. The number of hydrogen-bond donors (Lipinski definition) is 0. The van der Waals surface area contributed by atoms with Crippen molar-refractivity contribution in [2.24, 2.45) is 0 Å². The molecule has 1 aromatic rings. The average Bonchev–Trinajstić information content (AvgIpc) is 2.98. The summed E-state index contributed by atoms with van der Waals surface area (Å²) in [4.78, 5) is 14.7. The number of nitrogens with zero attached hydrogens (tertiary/aromatic N) is 2. The third-order valence-corrected chi connectivity index (χ3v) is 9.33. The molecule has 2 heterocycles. The van der Waals surface area contributed by atoms with Crippen molar-refractivity contribution in [3.05, 3.63) is 34.3 Å². The second-order valence-corrected chi connectivity index (χ2v) is 11.6. The van der Waals surface area contributed by atoms with Gasteiger partial charge in [0, 0.05) is 35.4 Å². The standard InChI is InChI=1S/C17H23BrN2O3S2/c1-13(2)25(22,23)19-9-7-17(8-10-19)20(11-12-24-17)16(21)14-3-5-15(18)6-4-14/h3-6,13H,7-12H2,1-2H3. The summed E-state index contributed by atoms with van der Waals surface area (Å²) in [5.41, 5.74) is 0.683. The van der Waals surface area contributed by atoms with Crippen LogP contribution < -0.4 is 0 Å². The van der Waals surface area contributed by atoms with Crippen molar-refractivity contribution in [3.63, 3.8) is 0 Å². The fourth-order valence-electron chi connectivity index (χ4n) is 3.45. The molecule has 2 fully saturated rings. The molecule has 138 valence electrons. The number of rotatable bonds is 3. The number of amides is 1. The van der Waals surface area contributed by atoms with Gasteiger partial charge in [0.2, 0.25) is 10.0 Å². The molecule has 0 bridgehead atoms. The van der Waals surface area contributed by atoms with Gasteiger partial charge in [-0.05, 0) is 51.0 Å². The molecule has 2 saturated heterocycles. The lowest BCUT2D eigenvalue weighted by Crippen LogP contribution is -2.54. The first kappa shape index (κ1) is 19.2. The number of hydrogen-bond acceptors (Lipinski definition) is 4. The summed E-state index contributed by atoms with van der Waals surface area (Å²) in [5.74, 6) is 0.941. The van der Waals surface area contributed by atoms with E-state index in [9.17, 15) is 13.2 Å². The summed E-state index contributed by atoms with van der Waals surface area (Å²) >= 11 is 5.19. The fourth-order valence-corrected chi connectivity index (χ4v) is 6.45. The van der Waals surface area contributed by atoms with Crippen molar-refractivity contribution in [1.29, 1.82) is 0 Å². The highest BCUT2D eigenvalue weighted by atomic mass is 79.9. The van der Waals surface area contributed by atoms with Crippen molar-refractivity contribution in [2.75, 3.05) is 25.4 Å². The summed E-state index contributed by atoms with van der Waals surface area (Å²) in [7, 11) is -3.23. The lowest BCUT2D eigenvalue weighted by atomic mass is 10.0. The smallest absolute Gasteiger partial charge is 0.254 e. The van der Waals surface area contributed by atoms with Gasteiger partial charge < -0.3 is 4.90 Å². The molecule has 0 atom stereocenters. The van der Waals surface area contributed by atoms with E-state index in [1.165, 1.54) is 0 Å². The molecule has 3 rings (SSSR count). The Morgan fingerprint density at radius 2 is 1.76 bits per heavy atom. The third-order valence-electron chi connectivity index (χ3n) is 4.97. The van der Waals surface area contributed by atoms with Crippen molar-refractivity contribution in [1.82, 2.24) is 9.21 Å². The van der Waals surface area contributed by atoms with Gasteiger partial charge in [-0.1, -0.05) is 15.9 Å². The zero-order valence-corrected chi connectivity index (χ0v) is 17.7. The lowest BCUT2D eigenvalue weighted by Gasteiger charge is -2.44. The molecule has 5 nitrogen and oxygen atoms in total. The van der Waals surface area contributed by atoms with Crippen LogP contribution in [0.2, 0.25) is 0 Å². The van der Waals surface area contributed by atoms with Crippen molar-refractivity contribution >= 4 is 43.6 Å². The third kappa shape index (κ3) is 3.63. The van der Waals surface area contributed by atoms with E-state index in [4.69, 9.17) is 0 Å². The summed E-state index contributed by atoms with van der Waals surface area (Å²) in [6.07, 6.45) is 1.37. The Hall–Kier alpha value is -0.570. The van der Waals surface area contributed by atoms with Gasteiger partial charge >= 0.3 is 0 Å². The Morgan fingerprint density at radius 1 is 1.16 bits per heavy atom. The Bertz CT molecular complexity index is 742. The van der Waals surface area contributed by atoms with E-state index in [1.54, 1.807) is 29.9 Å². The molecule has 0 N–H and O–H groups in total. The first-order valence-corrected chi connectivity index (χ1v) is 11.7. The molecular weight excluding hydrogens is 424 g/mol. The van der Waals surface area contributed by atoms with Crippen LogP contribution in [0.1, 0.15) is 37.0 Å². The summed E-state index contributed by atoms with van der Waals surface area (Å²) in [6, 6.07) is 7.42. The molecule has 25 heavy (non-hydrogen) atoms. The number of carbonyl (C=O) groups excluding carboxylic acids is 1. The van der Waals surface area contributed by atoms with Gasteiger partial charge in [-0.25, -0.2) is 12.7 Å². The molecular formula is C17H23BrN2O3S2. The average molecular weight is 447 g/mol. The second kappa shape index (κ2) is 7.21. The first-order valence-electron chi connectivity index (χ1n) is 8.47. The maximum Gasteiger partial charge on any atom is 0.254 e. The van der Waals surface area contributed by atoms with E-state index < -0.39 is 15.3 Å². The molecule has 8 heteroatoms. The van der Waals surface area contributed by atoms with Crippen LogP contribution in [0.15, 0.2) is 28.7 Å². The molecule has 0 aliphatic carbocycles. The zero-order chi connectivity index (χ0) is 18.2. The van der Waals surface area contributed by atoms with Crippen molar-refractivity contribution < 1.29 is 13.2 Å². The molecule has 1 aromatic carbocycles. The summed E-state index contributed by atoms with van der Waals surface area (Å²) in [6.45, 7) is 5.12. The highest BCUT2D eigenvalue weighted by molar-refractivity contribution is 9.10. The van der Waals surface area contributed by atoms with Gasteiger partial charge in [-0.2, -0.15) is 0 Å². The Morgan fingerprint density at radius 3 is 2.32 bits per heavy atom. The minimum Gasteiger partial charge on any atom is -0.323 e. The number of sulfonamides is 1. The van der Waals surface area contributed by atoms with E-state index in [2.05, 4.69) is 15.9 Å². The molecule has 0 aromatic heterocycles. The van der Waals surface area contributed by atoms with Crippen LogP contribution in [0.4, 0.5) is 0 Å². The normalized spacial score (nSPS) is 21.2. The quantitative estimate of drug-likeness (QED) is 0.715. The van der Waals surface area contributed by atoms with Crippen LogP contribution in [0.3, 0.4) is 0 Å². The minimum atomic E-state index is -3.23. The van der Waals surface area contributed by atoms with Gasteiger partial charge in [0.05, 0.1) is 10.1 Å². The summed E-state index contributed by atoms with van der Waals surface area (Å²) in [5, 5.41) is -0.404. The molecule has 0 saturated carbocycles. The first-order chi connectivity index (χ1) is 11.8. The van der Waals surface area contributed by atoms with E-state index >= 15 is 0 Å². The van der Waals surface area contributed by atoms with Gasteiger partial charge in [-0.15, -0.1) is 11.8 Å². The molecule has 2 aliphatic rings. The van der Waals surface area contributed by atoms with Gasteiger partial charge in [0.1, 0.15) is 0 Å². The lowest BCUT2D eigenvalue weighted by molar-refractivity contribution is 0.0605. The van der Waals surface area contributed by atoms with Crippen molar-refractivity contribution in [3.8, 4) is 0 Å². The predicted octanol–water partition coefficient (Wildman–Crippen LogP) is 3.17. The predicted molar refractivity (Wildman–Crippen MR) is 105 cm³/mol. The van der Waals surface area contributed by atoms with Crippen molar-refractivity contribution in [2.45, 2.75) is 36.8 Å². The minimum absolute atomic E-state index is 0.0395. The summed E-state index contributed by atoms with van der Waals surface area (Å²) < 4.78 is 27.3. The van der Waals surface area contributed by atoms with Gasteiger partial charge in [0.25, 0.3) is 5.91 Å². The molecule has 0 unspecified atom stereocenters. The topological polar surface area (TPSA) is 57.7 Å². The van der Waals surface area contributed by atoms with Crippen LogP contribution >= 0.6 is 27.7 Å². The highest BCUT2D eigenvalue weighted by Gasteiger charge is 2.48. The Balaban J connectivity index is 1.76. The highest BCUT2D eigenvalue weighted by Crippen LogP contribution is 2.45. The fraction of sp³-hybridized carbons (Fsp3) is 0.588. The van der Waals surface area contributed by atoms with E-state index in [0.29, 0.717) is 31.5 Å². The number of carbonyl (C=O) groups is 1. The van der Waals surface area contributed by atoms with Gasteiger partial charge in [0.15, 0.2) is 0 Å². The van der Waals surface area contributed by atoms with E-state index in [1.807, 2.05) is 29.2 Å². The van der Waals surface area contributed by atoms with Crippen LogP contribution in [0.25, 0.3) is 0 Å². The maximum atomic E-state index is 13.0. The number of halogens is 1. The SMILES string of the molecule is CC(C)S(=O)(=O)N1CCC2(CC1)SCCN2C(=O)c1ccc(Br)cc1.